The number of halogens is 3. The fourth-order valence-electron chi connectivity index (χ4n) is 2.41. The highest BCUT2D eigenvalue weighted by molar-refractivity contribution is 5.76. The Morgan fingerprint density at radius 2 is 1.83 bits per heavy atom. The summed E-state index contributed by atoms with van der Waals surface area (Å²) in [6, 6.07) is 0. The topological polar surface area (TPSA) is 52.1 Å². The van der Waals surface area contributed by atoms with Gasteiger partial charge in [-0.15, -0.1) is 0 Å². The lowest BCUT2D eigenvalue weighted by molar-refractivity contribution is -0.216. The summed E-state index contributed by atoms with van der Waals surface area (Å²) in [5.41, 5.74) is -2.33. The molecule has 0 spiro atoms. The van der Waals surface area contributed by atoms with Crippen LogP contribution in [0.4, 0.5) is 13.2 Å². The Labute approximate surface area is 138 Å². The molecule has 0 saturated heterocycles. The smallest absolute Gasteiger partial charge is 0.399 e. The number of allylic oxidation sites excluding steroid dienone is 2. The number of hydrogen-bond acceptors (Lipinski definition) is 4. The molecule has 1 aliphatic carbocycles. The molecular formula is C17H19F3N2O2. The van der Waals surface area contributed by atoms with Gasteiger partial charge in [0.1, 0.15) is 17.8 Å². The van der Waals surface area contributed by atoms with Crippen molar-refractivity contribution in [3.05, 3.63) is 48.6 Å². The summed E-state index contributed by atoms with van der Waals surface area (Å²) in [6.07, 6.45) is 4.47. The van der Waals surface area contributed by atoms with Gasteiger partial charge in [0.15, 0.2) is 0 Å². The quantitative estimate of drug-likeness (QED) is 0.788. The van der Waals surface area contributed by atoms with E-state index in [2.05, 4.69) is 9.97 Å². The summed E-state index contributed by atoms with van der Waals surface area (Å²) in [6.45, 7) is 4.79. The standard InChI is InChI=1S/C17H19F3N2O2/c1-15(2,3)14(23)24-16(8-12-9-21-11-22-10-12)7-5-4-6-13(16)17(18,19)20/h4-7,9-11,13H,8H2,1-3H3. The summed E-state index contributed by atoms with van der Waals surface area (Å²) in [5, 5.41) is 0. The molecule has 2 unspecified atom stereocenters. The molecule has 0 saturated carbocycles. The molecule has 0 amide bonds. The molecule has 24 heavy (non-hydrogen) atoms. The number of alkyl halides is 3. The first-order valence-electron chi connectivity index (χ1n) is 7.45. The van der Waals surface area contributed by atoms with Gasteiger partial charge in [-0.3, -0.25) is 4.79 Å². The number of nitrogens with zero attached hydrogens (tertiary/aromatic N) is 2. The Kier molecular flexibility index (Phi) is 4.82. The predicted octanol–water partition coefficient (Wildman–Crippen LogP) is 3.65. The Morgan fingerprint density at radius 3 is 2.38 bits per heavy atom. The van der Waals surface area contributed by atoms with Gasteiger partial charge in [-0.25, -0.2) is 9.97 Å². The van der Waals surface area contributed by atoms with Crippen LogP contribution in [0, 0.1) is 11.3 Å². The maximum absolute atomic E-state index is 13.6. The Balaban J connectivity index is 2.46. The molecule has 0 radical (unpaired) electrons. The second-order valence-corrected chi connectivity index (χ2v) is 6.78. The van der Waals surface area contributed by atoms with Crippen LogP contribution in [0.25, 0.3) is 0 Å². The van der Waals surface area contributed by atoms with E-state index in [0.717, 1.165) is 6.08 Å². The third-order valence-corrected chi connectivity index (χ3v) is 3.66. The van der Waals surface area contributed by atoms with Crippen molar-refractivity contribution in [3.8, 4) is 0 Å². The molecule has 1 aromatic heterocycles. The highest BCUT2D eigenvalue weighted by Crippen LogP contribution is 2.43. The van der Waals surface area contributed by atoms with Crippen molar-refractivity contribution in [2.75, 3.05) is 0 Å². The molecule has 0 N–H and O–H groups in total. The summed E-state index contributed by atoms with van der Waals surface area (Å²) in [4.78, 5) is 20.0. The molecule has 1 aromatic rings. The SMILES string of the molecule is CC(C)(C)C(=O)OC1(Cc2cncnc2)C=CC=CC1C(F)(F)F. The van der Waals surface area contributed by atoms with E-state index < -0.39 is 29.1 Å². The molecular weight excluding hydrogens is 321 g/mol. The van der Waals surface area contributed by atoms with Crippen LogP contribution in [0.15, 0.2) is 43.0 Å². The van der Waals surface area contributed by atoms with E-state index in [1.165, 1.54) is 36.9 Å². The molecule has 2 atom stereocenters. The van der Waals surface area contributed by atoms with E-state index in [0.29, 0.717) is 5.56 Å². The van der Waals surface area contributed by atoms with Crippen LogP contribution < -0.4 is 0 Å². The zero-order valence-corrected chi connectivity index (χ0v) is 13.7. The molecule has 0 fully saturated rings. The summed E-state index contributed by atoms with van der Waals surface area (Å²) >= 11 is 0. The van der Waals surface area contributed by atoms with Crippen LogP contribution >= 0.6 is 0 Å². The van der Waals surface area contributed by atoms with Crippen LogP contribution in [0.3, 0.4) is 0 Å². The summed E-state index contributed by atoms with van der Waals surface area (Å²) in [7, 11) is 0. The van der Waals surface area contributed by atoms with Crippen LogP contribution in [0.1, 0.15) is 26.3 Å². The number of carbonyl (C=O) groups excluding carboxylic acids is 1. The monoisotopic (exact) mass is 340 g/mol. The summed E-state index contributed by atoms with van der Waals surface area (Å²) in [5.74, 6) is -2.64. The average molecular weight is 340 g/mol. The van der Waals surface area contributed by atoms with Crippen LogP contribution in [-0.2, 0) is 16.0 Å². The number of ether oxygens (including phenoxy) is 1. The number of carbonyl (C=O) groups is 1. The lowest BCUT2D eigenvalue weighted by atomic mass is 9.78. The van der Waals surface area contributed by atoms with Gasteiger partial charge in [-0.05, 0) is 32.4 Å². The fourth-order valence-corrected chi connectivity index (χ4v) is 2.41. The van der Waals surface area contributed by atoms with Crippen molar-refractivity contribution in [2.24, 2.45) is 11.3 Å². The minimum atomic E-state index is -4.56. The van der Waals surface area contributed by atoms with E-state index in [1.54, 1.807) is 20.8 Å². The normalized spacial score (nSPS) is 24.0. The molecule has 2 rings (SSSR count). The van der Waals surface area contributed by atoms with Crippen molar-refractivity contribution < 1.29 is 22.7 Å². The predicted molar refractivity (Wildman–Crippen MR) is 81.8 cm³/mol. The maximum atomic E-state index is 13.6. The minimum Gasteiger partial charge on any atom is -0.453 e. The number of hydrogen-bond donors (Lipinski definition) is 0. The molecule has 7 heteroatoms. The maximum Gasteiger partial charge on any atom is 0.399 e. The van der Waals surface area contributed by atoms with Gasteiger partial charge in [-0.2, -0.15) is 13.2 Å². The highest BCUT2D eigenvalue weighted by Gasteiger charge is 2.55. The zero-order chi connectivity index (χ0) is 18.0. The van der Waals surface area contributed by atoms with E-state index in [4.69, 9.17) is 4.74 Å². The minimum absolute atomic E-state index is 0.166. The number of aromatic nitrogens is 2. The van der Waals surface area contributed by atoms with Crippen LogP contribution in [0.2, 0.25) is 0 Å². The largest absolute Gasteiger partial charge is 0.453 e. The second-order valence-electron chi connectivity index (χ2n) is 6.78. The van der Waals surface area contributed by atoms with Crippen molar-refractivity contribution >= 4 is 5.97 Å². The van der Waals surface area contributed by atoms with Gasteiger partial charge in [0.2, 0.25) is 0 Å². The third-order valence-electron chi connectivity index (χ3n) is 3.66. The Hall–Kier alpha value is -2.18. The third kappa shape index (κ3) is 4.01. The van der Waals surface area contributed by atoms with Crippen molar-refractivity contribution in [1.29, 1.82) is 0 Å². The Bertz CT molecular complexity index is 648. The van der Waals surface area contributed by atoms with Gasteiger partial charge >= 0.3 is 12.1 Å². The fraction of sp³-hybridized carbons (Fsp3) is 0.471. The molecule has 130 valence electrons. The Morgan fingerprint density at radius 1 is 1.21 bits per heavy atom. The van der Waals surface area contributed by atoms with E-state index in [9.17, 15) is 18.0 Å². The number of esters is 1. The first-order chi connectivity index (χ1) is 11.0. The van der Waals surface area contributed by atoms with E-state index >= 15 is 0 Å². The van der Waals surface area contributed by atoms with Crippen molar-refractivity contribution in [1.82, 2.24) is 9.97 Å². The van der Waals surface area contributed by atoms with E-state index in [-0.39, 0.29) is 6.42 Å². The lowest BCUT2D eigenvalue weighted by Crippen LogP contribution is -2.51. The molecule has 1 aliphatic rings. The van der Waals surface area contributed by atoms with Crippen LogP contribution in [-0.4, -0.2) is 27.7 Å². The average Bonchev–Trinajstić information content (AvgIpc) is 2.46. The highest BCUT2D eigenvalue weighted by atomic mass is 19.4. The molecule has 1 heterocycles. The molecule has 0 aliphatic heterocycles. The van der Waals surface area contributed by atoms with Gasteiger partial charge in [0.25, 0.3) is 0 Å². The first-order valence-corrected chi connectivity index (χ1v) is 7.45. The van der Waals surface area contributed by atoms with Gasteiger partial charge < -0.3 is 4.74 Å². The van der Waals surface area contributed by atoms with Gasteiger partial charge in [-0.1, -0.05) is 18.2 Å². The van der Waals surface area contributed by atoms with Gasteiger partial charge in [0, 0.05) is 18.8 Å². The zero-order valence-electron chi connectivity index (χ0n) is 13.7. The molecule has 4 nitrogen and oxygen atoms in total. The van der Waals surface area contributed by atoms with Crippen molar-refractivity contribution in [2.45, 2.75) is 39.0 Å². The van der Waals surface area contributed by atoms with Crippen molar-refractivity contribution in [3.63, 3.8) is 0 Å². The van der Waals surface area contributed by atoms with E-state index in [1.807, 2.05) is 0 Å². The molecule has 0 bridgehead atoms. The second kappa shape index (κ2) is 6.37. The van der Waals surface area contributed by atoms with Gasteiger partial charge in [0.05, 0.1) is 5.41 Å². The number of rotatable bonds is 3. The summed E-state index contributed by atoms with van der Waals surface area (Å²) < 4.78 is 46.2. The van der Waals surface area contributed by atoms with Crippen LogP contribution in [0.5, 0.6) is 0 Å². The molecule has 0 aromatic carbocycles. The lowest BCUT2D eigenvalue weighted by Gasteiger charge is -2.40. The first kappa shape index (κ1) is 18.2.